The molecular formula is C17H15NO6. The van der Waals surface area contributed by atoms with E-state index in [0.29, 0.717) is 23.5 Å². The fourth-order valence-corrected chi connectivity index (χ4v) is 1.88. The predicted molar refractivity (Wildman–Crippen MR) is 85.3 cm³/mol. The third-order valence-electron chi connectivity index (χ3n) is 3.13. The number of benzene rings is 2. The zero-order valence-electron chi connectivity index (χ0n) is 12.9. The van der Waals surface area contributed by atoms with Crippen molar-refractivity contribution < 1.29 is 24.0 Å². The van der Waals surface area contributed by atoms with Gasteiger partial charge in [-0.25, -0.2) is 4.79 Å². The van der Waals surface area contributed by atoms with Crippen molar-refractivity contribution in [3.63, 3.8) is 0 Å². The average Bonchev–Trinajstić information content (AvgIpc) is 2.60. The van der Waals surface area contributed by atoms with Gasteiger partial charge in [-0.15, -0.1) is 0 Å². The molecule has 0 amide bonds. The monoisotopic (exact) mass is 329 g/mol. The normalized spacial score (nSPS) is 10.0. The van der Waals surface area contributed by atoms with Gasteiger partial charge in [0.05, 0.1) is 4.92 Å². The number of esters is 1. The molecule has 0 aliphatic carbocycles. The molecule has 0 spiro atoms. The fraction of sp³-hybridized carbons (Fsp3) is 0.176. The Morgan fingerprint density at radius 3 is 2.12 bits per heavy atom. The van der Waals surface area contributed by atoms with E-state index in [1.54, 1.807) is 19.1 Å². The summed E-state index contributed by atoms with van der Waals surface area (Å²) in [5.74, 6) is 0.0127. The lowest BCUT2D eigenvalue weighted by molar-refractivity contribution is -0.384. The summed E-state index contributed by atoms with van der Waals surface area (Å²) in [4.78, 5) is 33.2. The second-order valence-corrected chi connectivity index (χ2v) is 4.81. The van der Waals surface area contributed by atoms with Crippen LogP contribution in [0.3, 0.4) is 0 Å². The summed E-state index contributed by atoms with van der Waals surface area (Å²) in [6.07, 6.45) is 0.405. The van der Waals surface area contributed by atoms with Gasteiger partial charge in [0, 0.05) is 24.1 Å². The number of hydrogen-bond acceptors (Lipinski definition) is 6. The van der Waals surface area contributed by atoms with Crippen LogP contribution in [0, 0.1) is 10.1 Å². The molecule has 24 heavy (non-hydrogen) atoms. The van der Waals surface area contributed by atoms with E-state index in [2.05, 4.69) is 0 Å². The van der Waals surface area contributed by atoms with Gasteiger partial charge in [0.1, 0.15) is 11.5 Å². The molecule has 0 heterocycles. The first-order valence-electron chi connectivity index (χ1n) is 7.20. The first-order chi connectivity index (χ1) is 11.5. The van der Waals surface area contributed by atoms with Crippen molar-refractivity contribution in [1.29, 1.82) is 0 Å². The number of non-ortho nitro benzene ring substituents is 1. The molecule has 0 bridgehead atoms. The zero-order chi connectivity index (χ0) is 17.5. The zero-order valence-corrected chi connectivity index (χ0v) is 12.9. The van der Waals surface area contributed by atoms with Crippen molar-refractivity contribution in [3.05, 3.63) is 64.2 Å². The van der Waals surface area contributed by atoms with Gasteiger partial charge in [-0.1, -0.05) is 6.92 Å². The number of hydrogen-bond donors (Lipinski definition) is 0. The van der Waals surface area contributed by atoms with Crippen LogP contribution in [-0.4, -0.2) is 23.3 Å². The lowest BCUT2D eigenvalue weighted by atomic mass is 10.1. The SMILES string of the molecule is CCC(=O)c1ccc(OC(=O)COc2ccc([N+](=O)[O-])cc2)cc1. The number of carbonyl (C=O) groups excluding carboxylic acids is 2. The first-order valence-corrected chi connectivity index (χ1v) is 7.20. The molecule has 7 nitrogen and oxygen atoms in total. The van der Waals surface area contributed by atoms with E-state index in [9.17, 15) is 19.7 Å². The summed E-state index contributed by atoms with van der Waals surface area (Å²) in [6.45, 7) is 1.43. The van der Waals surface area contributed by atoms with Crippen LogP contribution < -0.4 is 9.47 Å². The summed E-state index contributed by atoms with van der Waals surface area (Å²) in [5.41, 5.74) is 0.492. The third-order valence-corrected chi connectivity index (χ3v) is 3.13. The molecule has 2 rings (SSSR count). The highest BCUT2D eigenvalue weighted by atomic mass is 16.6. The number of ketones is 1. The number of rotatable bonds is 7. The van der Waals surface area contributed by atoms with Gasteiger partial charge in [-0.3, -0.25) is 14.9 Å². The fourth-order valence-electron chi connectivity index (χ4n) is 1.88. The van der Waals surface area contributed by atoms with Crippen LogP contribution in [0.15, 0.2) is 48.5 Å². The van der Waals surface area contributed by atoms with Gasteiger partial charge in [0.15, 0.2) is 12.4 Å². The maximum Gasteiger partial charge on any atom is 0.349 e. The number of nitro groups is 1. The highest BCUT2D eigenvalue weighted by Crippen LogP contribution is 2.18. The van der Waals surface area contributed by atoms with Crippen LogP contribution in [-0.2, 0) is 4.79 Å². The Bertz CT molecular complexity index is 737. The van der Waals surface area contributed by atoms with Crippen molar-refractivity contribution in [2.75, 3.05) is 6.61 Å². The maximum absolute atomic E-state index is 11.7. The van der Waals surface area contributed by atoms with Crippen molar-refractivity contribution in [2.45, 2.75) is 13.3 Å². The average molecular weight is 329 g/mol. The predicted octanol–water partition coefficient (Wildman–Crippen LogP) is 3.17. The molecule has 0 atom stereocenters. The quantitative estimate of drug-likeness (QED) is 0.254. The minimum Gasteiger partial charge on any atom is -0.482 e. The topological polar surface area (TPSA) is 95.7 Å². The number of nitro benzene ring substituents is 1. The Morgan fingerprint density at radius 2 is 1.58 bits per heavy atom. The largest absolute Gasteiger partial charge is 0.482 e. The molecule has 0 aliphatic heterocycles. The van der Waals surface area contributed by atoms with Crippen LogP contribution >= 0.6 is 0 Å². The smallest absolute Gasteiger partial charge is 0.349 e. The number of nitrogens with zero attached hydrogens (tertiary/aromatic N) is 1. The van der Waals surface area contributed by atoms with Gasteiger partial charge >= 0.3 is 5.97 Å². The van der Waals surface area contributed by atoms with Crippen molar-refractivity contribution in [3.8, 4) is 11.5 Å². The molecule has 2 aromatic carbocycles. The van der Waals surface area contributed by atoms with E-state index < -0.39 is 10.9 Å². The molecule has 0 radical (unpaired) electrons. The van der Waals surface area contributed by atoms with E-state index in [-0.39, 0.29) is 18.1 Å². The van der Waals surface area contributed by atoms with Crippen LogP contribution in [0.5, 0.6) is 11.5 Å². The Kier molecular flexibility index (Phi) is 5.62. The number of ether oxygens (including phenoxy) is 2. The molecule has 0 fully saturated rings. The molecule has 124 valence electrons. The molecule has 0 N–H and O–H groups in total. The van der Waals surface area contributed by atoms with E-state index in [1.807, 2.05) is 0 Å². The molecule has 0 aliphatic rings. The summed E-state index contributed by atoms with van der Waals surface area (Å²) in [7, 11) is 0. The molecule has 0 saturated carbocycles. The van der Waals surface area contributed by atoms with Crippen LogP contribution in [0.4, 0.5) is 5.69 Å². The second kappa shape index (κ2) is 7.87. The van der Waals surface area contributed by atoms with Gasteiger partial charge in [-0.2, -0.15) is 0 Å². The Morgan fingerprint density at radius 1 is 1.00 bits per heavy atom. The molecule has 7 heteroatoms. The minimum absolute atomic E-state index is 0.00869. The highest BCUT2D eigenvalue weighted by Gasteiger charge is 2.09. The Hall–Kier alpha value is -3.22. The van der Waals surface area contributed by atoms with Crippen molar-refractivity contribution in [1.82, 2.24) is 0 Å². The number of Topliss-reactive ketones (excluding diaryl/α,β-unsaturated/α-hetero) is 1. The number of carbonyl (C=O) groups is 2. The molecule has 2 aromatic rings. The van der Waals surface area contributed by atoms with Crippen molar-refractivity contribution >= 4 is 17.4 Å². The third kappa shape index (κ3) is 4.64. The summed E-state index contributed by atoms with van der Waals surface area (Å²) >= 11 is 0. The summed E-state index contributed by atoms with van der Waals surface area (Å²) < 4.78 is 10.3. The molecule has 0 aromatic heterocycles. The molecule has 0 unspecified atom stereocenters. The maximum atomic E-state index is 11.7. The molecule has 0 saturated heterocycles. The lowest BCUT2D eigenvalue weighted by Crippen LogP contribution is -2.17. The highest BCUT2D eigenvalue weighted by molar-refractivity contribution is 5.95. The van der Waals surface area contributed by atoms with Crippen LogP contribution in [0.2, 0.25) is 0 Å². The van der Waals surface area contributed by atoms with Gasteiger partial charge in [0.25, 0.3) is 5.69 Å². The minimum atomic E-state index is -0.622. The van der Waals surface area contributed by atoms with E-state index in [1.165, 1.54) is 36.4 Å². The van der Waals surface area contributed by atoms with E-state index >= 15 is 0 Å². The molecular weight excluding hydrogens is 314 g/mol. The van der Waals surface area contributed by atoms with Gasteiger partial charge in [0.2, 0.25) is 0 Å². The van der Waals surface area contributed by atoms with E-state index in [0.717, 1.165) is 0 Å². The Labute approximate surface area is 138 Å². The van der Waals surface area contributed by atoms with E-state index in [4.69, 9.17) is 9.47 Å². The van der Waals surface area contributed by atoms with Crippen LogP contribution in [0.25, 0.3) is 0 Å². The summed E-state index contributed by atoms with van der Waals surface area (Å²) in [6, 6.07) is 11.6. The van der Waals surface area contributed by atoms with Crippen molar-refractivity contribution in [2.24, 2.45) is 0 Å². The second-order valence-electron chi connectivity index (χ2n) is 4.81. The first kappa shape index (κ1) is 17.1. The van der Waals surface area contributed by atoms with Gasteiger partial charge in [-0.05, 0) is 36.4 Å². The summed E-state index contributed by atoms with van der Waals surface area (Å²) in [5, 5.41) is 10.5. The van der Waals surface area contributed by atoms with Crippen LogP contribution in [0.1, 0.15) is 23.7 Å². The van der Waals surface area contributed by atoms with Gasteiger partial charge < -0.3 is 9.47 Å². The standard InChI is InChI=1S/C17H15NO6/c1-2-16(19)12-3-7-15(8-4-12)24-17(20)11-23-14-9-5-13(6-10-14)18(21)22/h3-10H,2,11H2,1H3. The lowest BCUT2D eigenvalue weighted by Gasteiger charge is -2.07. The Balaban J connectivity index is 1.86.